The molecule has 1 aliphatic rings. The van der Waals surface area contributed by atoms with Crippen molar-refractivity contribution in [3.8, 4) is 0 Å². The molecular formula is C18H22N2O8. The molecular weight excluding hydrogens is 372 g/mol. The summed E-state index contributed by atoms with van der Waals surface area (Å²) in [7, 11) is 2.37. The highest BCUT2D eigenvalue weighted by atomic mass is 16.6. The van der Waals surface area contributed by atoms with Crippen molar-refractivity contribution >= 4 is 23.5 Å². The average molecular weight is 394 g/mol. The SMILES string of the molecule is COC(=O)C[C@@H](c1ccc([N+](=O)[O-])cc1)[C@@H](NC(=O)[C@H]1CCCO1)C(=O)OC. The van der Waals surface area contributed by atoms with Crippen LogP contribution in [0.4, 0.5) is 5.69 Å². The van der Waals surface area contributed by atoms with Crippen LogP contribution in [0.2, 0.25) is 0 Å². The minimum atomic E-state index is -1.19. The molecule has 1 aromatic rings. The van der Waals surface area contributed by atoms with Gasteiger partial charge in [0.25, 0.3) is 5.69 Å². The molecule has 1 amide bonds. The van der Waals surface area contributed by atoms with E-state index < -0.39 is 40.8 Å². The molecule has 1 N–H and O–H groups in total. The molecule has 10 nitrogen and oxygen atoms in total. The van der Waals surface area contributed by atoms with E-state index in [4.69, 9.17) is 14.2 Å². The Labute approximate surface area is 161 Å². The largest absolute Gasteiger partial charge is 0.469 e. The fourth-order valence-corrected chi connectivity index (χ4v) is 3.02. The molecule has 10 heteroatoms. The molecule has 3 atom stereocenters. The lowest BCUT2D eigenvalue weighted by molar-refractivity contribution is -0.384. The number of benzene rings is 1. The molecule has 28 heavy (non-hydrogen) atoms. The first-order valence-electron chi connectivity index (χ1n) is 8.68. The number of nitrogens with zero attached hydrogens (tertiary/aromatic N) is 1. The van der Waals surface area contributed by atoms with E-state index in [1.165, 1.54) is 38.5 Å². The number of hydrogen-bond donors (Lipinski definition) is 1. The smallest absolute Gasteiger partial charge is 0.329 e. The first-order chi connectivity index (χ1) is 13.4. The summed E-state index contributed by atoms with van der Waals surface area (Å²) >= 11 is 0. The van der Waals surface area contributed by atoms with Crippen molar-refractivity contribution in [1.29, 1.82) is 0 Å². The van der Waals surface area contributed by atoms with E-state index in [-0.39, 0.29) is 12.1 Å². The monoisotopic (exact) mass is 394 g/mol. The van der Waals surface area contributed by atoms with Gasteiger partial charge in [-0.2, -0.15) is 0 Å². The summed E-state index contributed by atoms with van der Waals surface area (Å²) < 4.78 is 14.8. The molecule has 1 aliphatic heterocycles. The number of carbonyl (C=O) groups excluding carboxylic acids is 3. The Balaban J connectivity index is 2.33. The van der Waals surface area contributed by atoms with Crippen molar-refractivity contribution in [3.05, 3.63) is 39.9 Å². The Bertz CT molecular complexity index is 728. The van der Waals surface area contributed by atoms with Gasteiger partial charge in [0.05, 0.1) is 25.6 Å². The maximum atomic E-state index is 12.5. The standard InChI is InChI=1S/C18H22N2O8/c1-26-15(21)10-13(11-5-7-12(8-6-11)20(24)25)16(18(23)27-2)19-17(22)14-4-3-9-28-14/h5-8,13-14,16H,3-4,9-10H2,1-2H3,(H,19,22)/t13-,14+,16+/m0/s1. The van der Waals surface area contributed by atoms with Crippen molar-refractivity contribution in [2.24, 2.45) is 0 Å². The number of rotatable bonds is 8. The molecule has 1 fully saturated rings. The van der Waals surface area contributed by atoms with Crippen molar-refractivity contribution < 1.29 is 33.5 Å². The van der Waals surface area contributed by atoms with Crippen LogP contribution in [0.25, 0.3) is 0 Å². The maximum absolute atomic E-state index is 12.5. The molecule has 0 radical (unpaired) electrons. The second-order valence-corrected chi connectivity index (χ2v) is 6.25. The van der Waals surface area contributed by atoms with Gasteiger partial charge < -0.3 is 19.5 Å². The number of ether oxygens (including phenoxy) is 3. The van der Waals surface area contributed by atoms with E-state index in [0.29, 0.717) is 18.6 Å². The molecule has 1 saturated heterocycles. The lowest BCUT2D eigenvalue weighted by Gasteiger charge is -2.26. The highest BCUT2D eigenvalue weighted by molar-refractivity contribution is 5.88. The number of methoxy groups -OCH3 is 2. The van der Waals surface area contributed by atoms with Gasteiger partial charge in [0.15, 0.2) is 0 Å². The first-order valence-corrected chi connectivity index (χ1v) is 8.68. The maximum Gasteiger partial charge on any atom is 0.329 e. The quantitative estimate of drug-likeness (QED) is 0.393. The van der Waals surface area contributed by atoms with Crippen LogP contribution >= 0.6 is 0 Å². The number of esters is 2. The number of nitrogens with one attached hydrogen (secondary N) is 1. The Kier molecular flexibility index (Phi) is 7.44. The van der Waals surface area contributed by atoms with Crippen LogP contribution in [0, 0.1) is 10.1 Å². The second kappa shape index (κ2) is 9.79. The Morgan fingerprint density at radius 3 is 2.43 bits per heavy atom. The zero-order chi connectivity index (χ0) is 20.7. The van der Waals surface area contributed by atoms with E-state index in [2.05, 4.69) is 5.32 Å². The van der Waals surface area contributed by atoms with Gasteiger partial charge in [-0.1, -0.05) is 12.1 Å². The summed E-state index contributed by atoms with van der Waals surface area (Å²) in [6.45, 7) is 0.453. The average Bonchev–Trinajstić information content (AvgIpc) is 3.24. The molecule has 1 heterocycles. The first kappa shape index (κ1) is 21.3. The zero-order valence-electron chi connectivity index (χ0n) is 15.6. The third kappa shape index (κ3) is 5.26. The zero-order valence-corrected chi connectivity index (χ0v) is 15.6. The summed E-state index contributed by atoms with van der Waals surface area (Å²) in [5.41, 5.74) is 0.303. The number of nitro groups is 1. The highest BCUT2D eigenvalue weighted by Gasteiger charge is 2.36. The molecule has 0 spiro atoms. The summed E-state index contributed by atoms with van der Waals surface area (Å²) in [5.74, 6) is -2.68. The lowest BCUT2D eigenvalue weighted by atomic mass is 9.88. The van der Waals surface area contributed by atoms with Crippen LogP contribution in [0.3, 0.4) is 0 Å². The summed E-state index contributed by atoms with van der Waals surface area (Å²) in [5, 5.41) is 13.5. The van der Waals surface area contributed by atoms with E-state index >= 15 is 0 Å². The lowest BCUT2D eigenvalue weighted by Crippen LogP contribution is -2.49. The Morgan fingerprint density at radius 2 is 1.93 bits per heavy atom. The van der Waals surface area contributed by atoms with Crippen LogP contribution < -0.4 is 5.32 Å². The summed E-state index contributed by atoms with van der Waals surface area (Å²) in [6, 6.07) is 4.19. The third-order valence-corrected chi connectivity index (χ3v) is 4.52. The normalized spacial score (nSPS) is 18.0. The predicted molar refractivity (Wildman–Crippen MR) is 95.4 cm³/mol. The molecule has 0 saturated carbocycles. The van der Waals surface area contributed by atoms with E-state index in [1.54, 1.807) is 0 Å². The van der Waals surface area contributed by atoms with Crippen LogP contribution in [-0.4, -0.2) is 55.7 Å². The molecule has 1 aromatic carbocycles. The number of nitro benzene ring substituents is 1. The number of carbonyl (C=O) groups is 3. The van der Waals surface area contributed by atoms with Gasteiger partial charge in [-0.25, -0.2) is 4.79 Å². The van der Waals surface area contributed by atoms with Crippen molar-refractivity contribution in [2.45, 2.75) is 37.3 Å². The summed E-state index contributed by atoms with van der Waals surface area (Å²) in [6.07, 6.45) is 0.344. The van der Waals surface area contributed by atoms with E-state index in [0.717, 1.165) is 6.42 Å². The van der Waals surface area contributed by atoms with Crippen LogP contribution in [0.5, 0.6) is 0 Å². The van der Waals surface area contributed by atoms with Crippen LogP contribution in [-0.2, 0) is 28.6 Å². The second-order valence-electron chi connectivity index (χ2n) is 6.25. The van der Waals surface area contributed by atoms with Gasteiger partial charge in [-0.15, -0.1) is 0 Å². The van der Waals surface area contributed by atoms with Crippen LogP contribution in [0.15, 0.2) is 24.3 Å². The number of non-ortho nitro benzene ring substituents is 1. The topological polar surface area (TPSA) is 134 Å². The minimum absolute atomic E-state index is 0.140. The number of hydrogen-bond acceptors (Lipinski definition) is 8. The van der Waals surface area contributed by atoms with Gasteiger partial charge in [0.1, 0.15) is 12.1 Å². The highest BCUT2D eigenvalue weighted by Crippen LogP contribution is 2.27. The summed E-state index contributed by atoms with van der Waals surface area (Å²) in [4.78, 5) is 47.1. The molecule has 0 aliphatic carbocycles. The van der Waals surface area contributed by atoms with Crippen molar-refractivity contribution in [3.63, 3.8) is 0 Å². The van der Waals surface area contributed by atoms with Gasteiger partial charge in [0.2, 0.25) is 5.91 Å². The molecule has 0 unspecified atom stereocenters. The molecule has 0 bridgehead atoms. The fraction of sp³-hybridized carbons (Fsp3) is 0.500. The van der Waals surface area contributed by atoms with E-state index in [1.807, 2.05) is 0 Å². The third-order valence-electron chi connectivity index (χ3n) is 4.52. The van der Waals surface area contributed by atoms with Crippen LogP contribution in [0.1, 0.15) is 30.7 Å². The molecule has 152 valence electrons. The van der Waals surface area contributed by atoms with Gasteiger partial charge in [-0.3, -0.25) is 19.7 Å². The fourth-order valence-electron chi connectivity index (χ4n) is 3.02. The van der Waals surface area contributed by atoms with Crippen molar-refractivity contribution in [1.82, 2.24) is 5.32 Å². The van der Waals surface area contributed by atoms with Gasteiger partial charge in [-0.05, 0) is 18.4 Å². The minimum Gasteiger partial charge on any atom is -0.469 e. The van der Waals surface area contributed by atoms with Gasteiger partial charge >= 0.3 is 11.9 Å². The number of amides is 1. The Hall–Kier alpha value is -3.01. The van der Waals surface area contributed by atoms with Crippen molar-refractivity contribution in [2.75, 3.05) is 20.8 Å². The Morgan fingerprint density at radius 1 is 1.25 bits per heavy atom. The molecule has 2 rings (SSSR count). The predicted octanol–water partition coefficient (Wildman–Crippen LogP) is 1.08. The van der Waals surface area contributed by atoms with Gasteiger partial charge in [0, 0.05) is 24.7 Å². The molecule has 0 aromatic heterocycles. The van der Waals surface area contributed by atoms with E-state index in [9.17, 15) is 24.5 Å².